The van der Waals surface area contributed by atoms with Crippen molar-refractivity contribution in [3.63, 3.8) is 0 Å². The van der Waals surface area contributed by atoms with Crippen molar-refractivity contribution in [1.82, 2.24) is 9.55 Å². The molecule has 1 aromatic heterocycles. The van der Waals surface area contributed by atoms with E-state index in [4.69, 9.17) is 0 Å². The number of halogens is 1. The molecule has 0 saturated carbocycles. The number of aryl methyl sites for hydroxylation is 2. The number of hydrogen-bond donors (Lipinski definition) is 2. The second-order valence-corrected chi connectivity index (χ2v) is 4.33. The molecule has 1 heterocycles. The van der Waals surface area contributed by atoms with Crippen molar-refractivity contribution in [2.75, 3.05) is 11.9 Å². The number of nitrogens with zero attached hydrogens (tertiary/aromatic N) is 2. The van der Waals surface area contributed by atoms with E-state index in [1.54, 1.807) is 12.5 Å². The molecule has 4 nitrogen and oxygen atoms in total. The van der Waals surface area contributed by atoms with Crippen LogP contribution in [0.2, 0.25) is 0 Å². The van der Waals surface area contributed by atoms with Crippen LogP contribution in [0.3, 0.4) is 0 Å². The molecule has 0 aliphatic heterocycles. The van der Waals surface area contributed by atoms with E-state index in [1.165, 1.54) is 12.1 Å². The molecule has 5 heteroatoms. The van der Waals surface area contributed by atoms with E-state index >= 15 is 0 Å². The van der Waals surface area contributed by atoms with E-state index < -0.39 is 0 Å². The summed E-state index contributed by atoms with van der Waals surface area (Å²) < 4.78 is 15.1. The largest absolute Gasteiger partial charge is 0.394 e. The highest BCUT2D eigenvalue weighted by Crippen LogP contribution is 2.20. The van der Waals surface area contributed by atoms with Crippen LogP contribution >= 0.6 is 0 Å². The van der Waals surface area contributed by atoms with Gasteiger partial charge < -0.3 is 15.0 Å². The Balaban J connectivity index is 2.23. The van der Waals surface area contributed by atoms with E-state index in [0.29, 0.717) is 5.69 Å². The number of benzene rings is 1. The van der Waals surface area contributed by atoms with Gasteiger partial charge >= 0.3 is 0 Å². The first-order valence-corrected chi connectivity index (χ1v) is 5.71. The molecule has 1 unspecified atom stereocenters. The van der Waals surface area contributed by atoms with Gasteiger partial charge in [-0.3, -0.25) is 0 Å². The van der Waals surface area contributed by atoms with Crippen LogP contribution in [0.15, 0.2) is 30.7 Å². The Morgan fingerprint density at radius 2 is 2.22 bits per heavy atom. The van der Waals surface area contributed by atoms with Crippen molar-refractivity contribution in [2.24, 2.45) is 7.05 Å². The number of aliphatic hydroxyl groups excluding tert-OH is 1. The molecule has 0 radical (unpaired) electrons. The fraction of sp³-hybridized carbons (Fsp3) is 0.308. The summed E-state index contributed by atoms with van der Waals surface area (Å²) in [5.41, 5.74) is 2.33. The molecular weight excluding hydrogens is 233 g/mol. The smallest absolute Gasteiger partial charge is 0.125 e. The van der Waals surface area contributed by atoms with Crippen LogP contribution in [-0.2, 0) is 7.05 Å². The lowest BCUT2D eigenvalue weighted by molar-refractivity contribution is 0.272. The van der Waals surface area contributed by atoms with Crippen molar-refractivity contribution in [3.8, 4) is 0 Å². The van der Waals surface area contributed by atoms with Crippen molar-refractivity contribution >= 4 is 5.69 Å². The minimum absolute atomic E-state index is 0.0882. The summed E-state index contributed by atoms with van der Waals surface area (Å²) in [4.78, 5) is 4.01. The maximum Gasteiger partial charge on any atom is 0.125 e. The number of rotatable bonds is 4. The van der Waals surface area contributed by atoms with E-state index in [-0.39, 0.29) is 18.5 Å². The fourth-order valence-corrected chi connectivity index (χ4v) is 1.94. The molecule has 0 aliphatic rings. The molecule has 2 N–H and O–H groups in total. The molecular formula is C13H16FN3O. The summed E-state index contributed by atoms with van der Waals surface area (Å²) in [5.74, 6) is -0.292. The molecule has 0 fully saturated rings. The lowest BCUT2D eigenvalue weighted by atomic mass is 10.1. The van der Waals surface area contributed by atoms with Crippen LogP contribution in [0.25, 0.3) is 0 Å². The molecule has 0 bridgehead atoms. The van der Waals surface area contributed by atoms with Crippen LogP contribution in [0.5, 0.6) is 0 Å². The third-order valence-electron chi connectivity index (χ3n) is 2.78. The van der Waals surface area contributed by atoms with Crippen LogP contribution < -0.4 is 5.32 Å². The number of hydrogen-bond acceptors (Lipinski definition) is 3. The van der Waals surface area contributed by atoms with Crippen LogP contribution in [0.1, 0.15) is 17.3 Å². The van der Waals surface area contributed by atoms with Gasteiger partial charge in [0.05, 0.1) is 30.9 Å². The normalized spacial score (nSPS) is 12.4. The van der Waals surface area contributed by atoms with Gasteiger partial charge in [-0.05, 0) is 30.7 Å². The van der Waals surface area contributed by atoms with Crippen molar-refractivity contribution in [1.29, 1.82) is 0 Å². The van der Waals surface area contributed by atoms with Gasteiger partial charge in [0.1, 0.15) is 5.82 Å². The first-order chi connectivity index (χ1) is 8.60. The zero-order chi connectivity index (χ0) is 13.1. The molecule has 18 heavy (non-hydrogen) atoms. The van der Waals surface area contributed by atoms with Gasteiger partial charge in [0.2, 0.25) is 0 Å². The fourth-order valence-electron chi connectivity index (χ4n) is 1.94. The number of anilines is 1. The summed E-state index contributed by atoms with van der Waals surface area (Å²) in [6.45, 7) is 1.74. The van der Waals surface area contributed by atoms with Gasteiger partial charge in [-0.15, -0.1) is 0 Å². The Morgan fingerprint density at radius 3 is 2.78 bits per heavy atom. The number of imidazole rings is 1. The Kier molecular flexibility index (Phi) is 3.62. The summed E-state index contributed by atoms with van der Waals surface area (Å²) in [5, 5.41) is 12.5. The number of nitrogens with one attached hydrogen (secondary N) is 1. The molecule has 96 valence electrons. The van der Waals surface area contributed by atoms with Gasteiger partial charge in [0.25, 0.3) is 0 Å². The Morgan fingerprint density at radius 1 is 1.44 bits per heavy atom. The summed E-state index contributed by atoms with van der Waals surface area (Å²) in [6, 6.07) is 4.40. The molecule has 1 aromatic carbocycles. The van der Waals surface area contributed by atoms with Gasteiger partial charge in [-0.2, -0.15) is 0 Å². The monoisotopic (exact) mass is 249 g/mol. The summed E-state index contributed by atoms with van der Waals surface area (Å²) >= 11 is 0. The maximum atomic E-state index is 13.3. The Bertz CT molecular complexity index is 519. The topological polar surface area (TPSA) is 50.1 Å². The molecule has 0 aliphatic carbocycles. The lowest BCUT2D eigenvalue weighted by Crippen LogP contribution is -2.17. The standard InChI is InChI=1S/C13H16FN3O/c1-9-3-10(14)5-11(4-9)16-12(7-18)13-6-15-8-17(13)2/h3-6,8,12,16,18H,7H2,1-2H3. The molecule has 0 spiro atoms. The summed E-state index contributed by atoms with van der Waals surface area (Å²) in [7, 11) is 1.85. The quantitative estimate of drug-likeness (QED) is 0.871. The highest BCUT2D eigenvalue weighted by molar-refractivity contribution is 5.47. The van der Waals surface area contributed by atoms with E-state index in [2.05, 4.69) is 10.3 Å². The number of aromatic nitrogens is 2. The van der Waals surface area contributed by atoms with E-state index in [1.807, 2.05) is 24.6 Å². The highest BCUT2D eigenvalue weighted by Gasteiger charge is 2.14. The first kappa shape index (κ1) is 12.6. The predicted octanol–water partition coefficient (Wildman–Crippen LogP) is 2.01. The van der Waals surface area contributed by atoms with Gasteiger partial charge in [-0.25, -0.2) is 9.37 Å². The molecule has 0 saturated heterocycles. The third kappa shape index (κ3) is 2.68. The average molecular weight is 249 g/mol. The van der Waals surface area contributed by atoms with Gasteiger partial charge in [-0.1, -0.05) is 0 Å². The second kappa shape index (κ2) is 5.18. The van der Waals surface area contributed by atoms with Crippen molar-refractivity contribution < 1.29 is 9.50 Å². The maximum absolute atomic E-state index is 13.3. The van der Waals surface area contributed by atoms with E-state index in [0.717, 1.165) is 11.3 Å². The highest BCUT2D eigenvalue weighted by atomic mass is 19.1. The predicted molar refractivity (Wildman–Crippen MR) is 67.8 cm³/mol. The minimum Gasteiger partial charge on any atom is -0.394 e. The zero-order valence-electron chi connectivity index (χ0n) is 10.4. The lowest BCUT2D eigenvalue weighted by Gasteiger charge is -2.18. The van der Waals surface area contributed by atoms with E-state index in [9.17, 15) is 9.50 Å². The van der Waals surface area contributed by atoms with Crippen molar-refractivity contribution in [3.05, 3.63) is 47.8 Å². The number of aliphatic hydroxyl groups is 1. The molecule has 2 aromatic rings. The Labute approximate surface area is 105 Å². The van der Waals surface area contributed by atoms with Crippen LogP contribution in [0, 0.1) is 12.7 Å². The van der Waals surface area contributed by atoms with Gasteiger partial charge in [0, 0.05) is 12.7 Å². The average Bonchev–Trinajstić information content (AvgIpc) is 2.71. The van der Waals surface area contributed by atoms with Gasteiger partial charge in [0.15, 0.2) is 0 Å². The molecule has 0 amide bonds. The molecule has 2 rings (SSSR count). The first-order valence-electron chi connectivity index (χ1n) is 5.71. The Hall–Kier alpha value is -1.88. The summed E-state index contributed by atoms with van der Waals surface area (Å²) in [6.07, 6.45) is 3.34. The minimum atomic E-state index is -0.307. The SMILES string of the molecule is Cc1cc(F)cc(NC(CO)c2cncn2C)c1. The van der Waals surface area contributed by atoms with Crippen molar-refractivity contribution in [2.45, 2.75) is 13.0 Å². The van der Waals surface area contributed by atoms with Crippen LogP contribution in [-0.4, -0.2) is 21.3 Å². The third-order valence-corrected chi connectivity index (χ3v) is 2.78. The zero-order valence-corrected chi connectivity index (χ0v) is 10.4. The second-order valence-electron chi connectivity index (χ2n) is 4.33. The molecule has 1 atom stereocenters. The van der Waals surface area contributed by atoms with Crippen LogP contribution in [0.4, 0.5) is 10.1 Å².